The summed E-state index contributed by atoms with van der Waals surface area (Å²) in [7, 11) is 0. The van der Waals surface area contributed by atoms with Gasteiger partial charge in [-0.15, -0.1) is 0 Å². The van der Waals surface area contributed by atoms with Gasteiger partial charge in [-0.25, -0.2) is 9.97 Å². The summed E-state index contributed by atoms with van der Waals surface area (Å²) in [6.07, 6.45) is 0. The van der Waals surface area contributed by atoms with E-state index in [1.54, 1.807) is 0 Å². The van der Waals surface area contributed by atoms with Crippen molar-refractivity contribution in [3.05, 3.63) is 194 Å². The number of aromatic nitrogens is 4. The summed E-state index contributed by atoms with van der Waals surface area (Å²) < 4.78 is 4.83. The van der Waals surface area contributed by atoms with Crippen molar-refractivity contribution in [3.8, 4) is 61.8 Å². The molecule has 0 amide bonds. The minimum absolute atomic E-state index is 0.717. The maximum absolute atomic E-state index is 5.02. The van der Waals surface area contributed by atoms with Crippen LogP contribution in [-0.4, -0.2) is 18.9 Å². The molecule has 3 heterocycles. The van der Waals surface area contributed by atoms with Gasteiger partial charge in [0.15, 0.2) is 5.82 Å². The summed E-state index contributed by atoms with van der Waals surface area (Å²) >= 11 is 0. The van der Waals surface area contributed by atoms with Gasteiger partial charge in [0.05, 0.1) is 27.9 Å². The second kappa shape index (κ2) is 12.4. The predicted octanol–water partition coefficient (Wildman–Crippen LogP) is 12.2. The lowest BCUT2D eigenvalue weighted by Gasteiger charge is -2.11. The van der Waals surface area contributed by atoms with Crippen LogP contribution >= 0.6 is 0 Å². The molecule has 0 aliphatic carbocycles. The Labute approximate surface area is 301 Å². The summed E-state index contributed by atoms with van der Waals surface area (Å²) in [6.45, 7) is 0. The fourth-order valence-electron chi connectivity index (χ4n) is 7.49. The topological polar surface area (TPSA) is 35.1 Å². The molecule has 0 unspecified atom stereocenters. The van der Waals surface area contributed by atoms with Crippen molar-refractivity contribution in [2.75, 3.05) is 0 Å². The van der Waals surface area contributed by atoms with Gasteiger partial charge in [0.1, 0.15) is 5.65 Å². The van der Waals surface area contributed by atoms with Gasteiger partial charge in [0, 0.05) is 33.3 Å². The van der Waals surface area contributed by atoms with Crippen molar-refractivity contribution >= 4 is 27.6 Å². The monoisotopic (exact) mass is 664 g/mol. The Hall–Kier alpha value is -7.04. The Morgan fingerprint density at radius 3 is 1.44 bits per heavy atom. The van der Waals surface area contributed by atoms with E-state index in [1.807, 2.05) is 36.4 Å². The summed E-state index contributed by atoms with van der Waals surface area (Å²) in [4.78, 5) is 9.97. The molecule has 4 nitrogen and oxygen atoms in total. The lowest BCUT2D eigenvalue weighted by Crippen LogP contribution is -1.96. The van der Waals surface area contributed by atoms with Gasteiger partial charge in [0.2, 0.25) is 0 Å². The summed E-state index contributed by atoms with van der Waals surface area (Å²) in [5.41, 5.74) is 15.5. The number of fused-ring (bicyclic) bond motifs is 5. The lowest BCUT2D eigenvalue weighted by molar-refractivity contribution is 1.15. The van der Waals surface area contributed by atoms with Crippen molar-refractivity contribution in [3.63, 3.8) is 0 Å². The Balaban J connectivity index is 1.05. The number of benzene rings is 7. The van der Waals surface area contributed by atoms with Crippen LogP contribution in [0.15, 0.2) is 194 Å². The first-order valence-electron chi connectivity index (χ1n) is 17.6. The van der Waals surface area contributed by atoms with Gasteiger partial charge >= 0.3 is 0 Å². The molecular weight excluding hydrogens is 633 g/mol. The van der Waals surface area contributed by atoms with E-state index in [2.05, 4.69) is 167 Å². The summed E-state index contributed by atoms with van der Waals surface area (Å²) in [6, 6.07) is 68.4. The average molecular weight is 665 g/mol. The molecule has 52 heavy (non-hydrogen) atoms. The Kier molecular flexibility index (Phi) is 7.10. The summed E-state index contributed by atoms with van der Waals surface area (Å²) in [5.74, 6) is 0.717. The molecule has 0 fully saturated rings. The SMILES string of the molecule is c1ccc(-c2cc(-c3ccc(-c4ccc(-n5c6ccccc6n6c7ccccc7c(-c7ccccc7)c56)cc4)cc3)nc(-c3ccccc3)n2)cc1. The molecule has 4 heteroatoms. The zero-order valence-electron chi connectivity index (χ0n) is 28.3. The van der Waals surface area contributed by atoms with Gasteiger partial charge in [0.25, 0.3) is 0 Å². The highest BCUT2D eigenvalue weighted by atomic mass is 15.1. The lowest BCUT2D eigenvalue weighted by atomic mass is 10.0. The van der Waals surface area contributed by atoms with Crippen LogP contribution in [0.3, 0.4) is 0 Å². The second-order valence-corrected chi connectivity index (χ2v) is 13.1. The maximum atomic E-state index is 5.02. The van der Waals surface area contributed by atoms with E-state index in [0.717, 1.165) is 50.7 Å². The van der Waals surface area contributed by atoms with E-state index >= 15 is 0 Å². The molecule has 10 rings (SSSR count). The third-order valence-electron chi connectivity index (χ3n) is 9.95. The van der Waals surface area contributed by atoms with E-state index in [9.17, 15) is 0 Å². The van der Waals surface area contributed by atoms with Crippen LogP contribution < -0.4 is 0 Å². The number of rotatable bonds is 6. The fourth-order valence-corrected chi connectivity index (χ4v) is 7.49. The third kappa shape index (κ3) is 5.00. The second-order valence-electron chi connectivity index (χ2n) is 13.1. The first-order valence-corrected chi connectivity index (χ1v) is 17.6. The molecule has 0 spiro atoms. The van der Waals surface area contributed by atoms with E-state index in [0.29, 0.717) is 0 Å². The molecule has 10 aromatic rings. The standard InChI is InChI=1S/C48H32N4/c1-4-14-35(15-5-1)41-32-42(50-47(49-41)38-18-8-3-9-19-38)36-26-24-33(25-27-36)34-28-30-39(31-29-34)51-44-22-12-13-23-45(44)52-43-21-11-10-20-40(43)46(48(51)52)37-16-6-2-7-17-37/h1-32H. The number of para-hydroxylation sites is 3. The third-order valence-corrected chi connectivity index (χ3v) is 9.95. The highest BCUT2D eigenvalue weighted by molar-refractivity contribution is 6.09. The molecular formula is C48H32N4. The predicted molar refractivity (Wildman–Crippen MR) is 215 cm³/mol. The smallest absolute Gasteiger partial charge is 0.160 e. The maximum Gasteiger partial charge on any atom is 0.160 e. The van der Waals surface area contributed by atoms with E-state index in [-0.39, 0.29) is 0 Å². The minimum atomic E-state index is 0.717. The Bertz CT molecular complexity index is 2790. The zero-order valence-corrected chi connectivity index (χ0v) is 28.3. The Morgan fingerprint density at radius 2 is 0.808 bits per heavy atom. The van der Waals surface area contributed by atoms with Gasteiger partial charge < -0.3 is 0 Å². The van der Waals surface area contributed by atoms with Crippen LogP contribution in [0.25, 0.3) is 89.4 Å². The average Bonchev–Trinajstić information content (AvgIpc) is 3.74. The van der Waals surface area contributed by atoms with E-state index in [1.165, 1.54) is 38.7 Å². The van der Waals surface area contributed by atoms with Crippen molar-refractivity contribution in [1.82, 2.24) is 18.9 Å². The van der Waals surface area contributed by atoms with Crippen LogP contribution in [0.4, 0.5) is 0 Å². The molecule has 244 valence electrons. The normalized spacial score (nSPS) is 11.5. The number of imidazole rings is 1. The molecule has 0 N–H and O–H groups in total. The summed E-state index contributed by atoms with van der Waals surface area (Å²) in [5, 5.41) is 1.25. The quantitative estimate of drug-likeness (QED) is 0.177. The van der Waals surface area contributed by atoms with Crippen molar-refractivity contribution in [1.29, 1.82) is 0 Å². The first kappa shape index (κ1) is 29.8. The molecule has 0 aliphatic heterocycles. The van der Waals surface area contributed by atoms with Crippen LogP contribution in [0.5, 0.6) is 0 Å². The first-order chi connectivity index (χ1) is 25.8. The molecule has 3 aromatic heterocycles. The van der Waals surface area contributed by atoms with Crippen LogP contribution in [0.1, 0.15) is 0 Å². The van der Waals surface area contributed by atoms with Crippen LogP contribution in [-0.2, 0) is 0 Å². The van der Waals surface area contributed by atoms with Crippen molar-refractivity contribution in [2.45, 2.75) is 0 Å². The van der Waals surface area contributed by atoms with Gasteiger partial charge in [-0.1, -0.05) is 158 Å². The molecule has 0 aliphatic rings. The van der Waals surface area contributed by atoms with E-state index < -0.39 is 0 Å². The molecule has 0 saturated heterocycles. The molecule has 0 radical (unpaired) electrons. The van der Waals surface area contributed by atoms with Gasteiger partial charge in [-0.05, 0) is 53.1 Å². The highest BCUT2D eigenvalue weighted by Gasteiger charge is 2.22. The molecule has 0 atom stereocenters. The number of hydrogen-bond acceptors (Lipinski definition) is 2. The van der Waals surface area contributed by atoms with Crippen LogP contribution in [0, 0.1) is 0 Å². The molecule has 0 bridgehead atoms. The van der Waals surface area contributed by atoms with Crippen LogP contribution in [0.2, 0.25) is 0 Å². The fraction of sp³-hybridized carbons (Fsp3) is 0. The number of hydrogen-bond donors (Lipinski definition) is 0. The van der Waals surface area contributed by atoms with Gasteiger partial charge in [-0.3, -0.25) is 8.97 Å². The Morgan fingerprint density at radius 1 is 0.346 bits per heavy atom. The highest BCUT2D eigenvalue weighted by Crippen LogP contribution is 2.41. The van der Waals surface area contributed by atoms with E-state index in [4.69, 9.17) is 9.97 Å². The van der Waals surface area contributed by atoms with Gasteiger partial charge in [-0.2, -0.15) is 0 Å². The van der Waals surface area contributed by atoms with Crippen molar-refractivity contribution in [2.24, 2.45) is 0 Å². The largest absolute Gasteiger partial charge is 0.293 e. The van der Waals surface area contributed by atoms with Crippen molar-refractivity contribution < 1.29 is 0 Å². The molecule has 0 saturated carbocycles. The molecule has 7 aromatic carbocycles. The zero-order chi connectivity index (χ0) is 34.4. The number of nitrogens with zero attached hydrogens (tertiary/aromatic N) is 4. The minimum Gasteiger partial charge on any atom is -0.293 e.